The minimum Gasteiger partial charge on any atom is -0.497 e. The predicted octanol–water partition coefficient (Wildman–Crippen LogP) is 2.03. The van der Waals surface area contributed by atoms with E-state index in [0.717, 1.165) is 18.7 Å². The van der Waals surface area contributed by atoms with Gasteiger partial charge in [0.1, 0.15) is 24.5 Å². The van der Waals surface area contributed by atoms with Gasteiger partial charge < -0.3 is 28.4 Å². The molecule has 212 valence electrons. The number of methoxy groups -OCH3 is 1. The Kier molecular flexibility index (Phi) is 8.80. The van der Waals surface area contributed by atoms with Gasteiger partial charge in [-0.1, -0.05) is 24.3 Å². The Balaban J connectivity index is 1.76. The highest BCUT2D eigenvalue weighted by Gasteiger charge is 2.57. The van der Waals surface area contributed by atoms with Gasteiger partial charge >= 0.3 is 17.9 Å². The first-order valence-electron chi connectivity index (χ1n) is 12.5. The van der Waals surface area contributed by atoms with E-state index in [1.165, 1.54) is 26.2 Å². The molecule has 4 rings (SSSR count). The van der Waals surface area contributed by atoms with Crippen molar-refractivity contribution in [3.63, 3.8) is 0 Å². The molecule has 2 amide bonds. The van der Waals surface area contributed by atoms with Crippen LogP contribution >= 0.6 is 0 Å². The minimum absolute atomic E-state index is 0.0420. The molecule has 2 heterocycles. The molecule has 0 N–H and O–H groups in total. The van der Waals surface area contributed by atoms with Crippen molar-refractivity contribution in [1.82, 2.24) is 4.90 Å². The maximum absolute atomic E-state index is 13.5. The summed E-state index contributed by atoms with van der Waals surface area (Å²) in [5, 5.41) is 0. The first kappa shape index (κ1) is 28.7. The number of carbonyl (C=O) groups is 5. The average Bonchev–Trinajstić information content (AvgIpc) is 3.17. The van der Waals surface area contributed by atoms with E-state index >= 15 is 0 Å². The lowest BCUT2D eigenvalue weighted by molar-refractivity contribution is -0.288. The molecule has 1 fully saturated rings. The van der Waals surface area contributed by atoms with E-state index in [4.69, 9.17) is 28.4 Å². The monoisotopic (exact) mass is 555 g/mol. The van der Waals surface area contributed by atoms with Gasteiger partial charge in [-0.25, -0.2) is 0 Å². The normalized spacial score (nSPS) is 23.8. The molecular weight excluding hydrogens is 526 g/mol. The number of rotatable bonds is 9. The molecule has 1 saturated heterocycles. The van der Waals surface area contributed by atoms with Gasteiger partial charge in [0.2, 0.25) is 0 Å². The molecule has 2 aromatic carbocycles. The number of esters is 3. The van der Waals surface area contributed by atoms with E-state index in [1.54, 1.807) is 36.4 Å². The van der Waals surface area contributed by atoms with Crippen molar-refractivity contribution >= 4 is 29.7 Å². The maximum Gasteiger partial charge on any atom is 0.303 e. The molecule has 0 bridgehead atoms. The third-order valence-electron chi connectivity index (χ3n) is 6.37. The summed E-state index contributed by atoms with van der Waals surface area (Å²) in [4.78, 5) is 63.9. The van der Waals surface area contributed by atoms with E-state index in [0.29, 0.717) is 11.3 Å². The van der Waals surface area contributed by atoms with Crippen molar-refractivity contribution in [1.29, 1.82) is 0 Å². The van der Waals surface area contributed by atoms with Gasteiger partial charge in [0.05, 0.1) is 24.8 Å². The summed E-state index contributed by atoms with van der Waals surface area (Å²) >= 11 is 0. The smallest absolute Gasteiger partial charge is 0.303 e. The standard InChI is InChI=1S/C28H29NO11/c1-15(30)36-14-22-24(38-16(2)31)25(39-17(3)32)23(29-26(33)20-7-5-6-8-21(20)27(29)34)28(40-22)37-13-18-9-11-19(35-4)12-10-18/h5-12,22-25,28H,13-14H2,1-4H3/t22-,23+,24-,25-,28+/m1/s1. The van der Waals surface area contributed by atoms with Crippen molar-refractivity contribution in [2.75, 3.05) is 13.7 Å². The molecule has 12 heteroatoms. The molecule has 2 aliphatic rings. The molecule has 0 radical (unpaired) electrons. The molecule has 2 aromatic rings. The van der Waals surface area contributed by atoms with Crippen LogP contribution in [-0.2, 0) is 44.7 Å². The van der Waals surface area contributed by atoms with Crippen LogP contribution < -0.4 is 4.74 Å². The first-order valence-corrected chi connectivity index (χ1v) is 12.5. The van der Waals surface area contributed by atoms with E-state index in [9.17, 15) is 24.0 Å². The summed E-state index contributed by atoms with van der Waals surface area (Å²) in [6, 6.07) is 11.8. The van der Waals surface area contributed by atoms with Gasteiger partial charge in [-0.3, -0.25) is 28.9 Å². The molecule has 0 spiro atoms. The number of ether oxygens (including phenoxy) is 6. The molecule has 40 heavy (non-hydrogen) atoms. The summed E-state index contributed by atoms with van der Waals surface area (Å²) in [7, 11) is 1.53. The van der Waals surface area contributed by atoms with Gasteiger partial charge in [0, 0.05) is 20.8 Å². The SMILES string of the molecule is COc1ccc(CO[C@H]2O[C@H](COC(C)=O)[C@@H](OC(C)=O)[C@H](OC(C)=O)[C@@H]2N2C(=O)c3ccccc3C2=O)cc1. The Hall–Kier alpha value is -4.29. The molecule has 0 aromatic heterocycles. The predicted molar refractivity (Wildman–Crippen MR) is 135 cm³/mol. The van der Waals surface area contributed by atoms with Gasteiger partial charge in [0.25, 0.3) is 11.8 Å². The molecular formula is C28H29NO11. The number of nitrogens with zero attached hydrogens (tertiary/aromatic N) is 1. The van der Waals surface area contributed by atoms with E-state index in [-0.39, 0.29) is 24.3 Å². The van der Waals surface area contributed by atoms with Crippen molar-refractivity contribution in [3.05, 3.63) is 65.2 Å². The Morgan fingerprint density at radius 1 is 0.825 bits per heavy atom. The van der Waals surface area contributed by atoms with Crippen LogP contribution in [-0.4, -0.2) is 79.0 Å². The first-order chi connectivity index (χ1) is 19.1. The molecule has 0 saturated carbocycles. The van der Waals surface area contributed by atoms with Crippen LogP contribution in [0.3, 0.4) is 0 Å². The van der Waals surface area contributed by atoms with Gasteiger partial charge in [-0.05, 0) is 29.8 Å². The van der Waals surface area contributed by atoms with Crippen LogP contribution in [0.15, 0.2) is 48.5 Å². The number of fused-ring (bicyclic) bond motifs is 1. The zero-order valence-corrected chi connectivity index (χ0v) is 22.4. The maximum atomic E-state index is 13.5. The summed E-state index contributed by atoms with van der Waals surface area (Å²) in [6.45, 7) is 3.03. The largest absolute Gasteiger partial charge is 0.497 e. The van der Waals surface area contributed by atoms with E-state index < -0.39 is 60.4 Å². The number of hydrogen-bond donors (Lipinski definition) is 0. The summed E-state index contributed by atoms with van der Waals surface area (Å²) in [5.41, 5.74) is 0.997. The molecule has 0 unspecified atom stereocenters. The van der Waals surface area contributed by atoms with Crippen molar-refractivity contribution < 1.29 is 52.4 Å². The summed E-state index contributed by atoms with van der Waals surface area (Å²) in [6.07, 6.45) is -5.31. The number of carbonyl (C=O) groups excluding carboxylic acids is 5. The second kappa shape index (κ2) is 12.3. The lowest BCUT2D eigenvalue weighted by Crippen LogP contribution is -2.67. The Bertz CT molecular complexity index is 1260. The third kappa shape index (κ3) is 6.13. The second-order valence-corrected chi connectivity index (χ2v) is 9.17. The fourth-order valence-electron chi connectivity index (χ4n) is 4.67. The van der Waals surface area contributed by atoms with Crippen LogP contribution in [0.1, 0.15) is 47.1 Å². The van der Waals surface area contributed by atoms with Crippen LogP contribution in [0.25, 0.3) is 0 Å². The van der Waals surface area contributed by atoms with Crippen LogP contribution in [0, 0.1) is 0 Å². The number of benzene rings is 2. The van der Waals surface area contributed by atoms with Crippen molar-refractivity contribution in [2.24, 2.45) is 0 Å². The van der Waals surface area contributed by atoms with Gasteiger partial charge in [-0.15, -0.1) is 0 Å². The van der Waals surface area contributed by atoms with E-state index in [1.807, 2.05) is 0 Å². The summed E-state index contributed by atoms with van der Waals surface area (Å²) < 4.78 is 33.6. The van der Waals surface area contributed by atoms with Crippen LogP contribution in [0.5, 0.6) is 5.75 Å². The average molecular weight is 556 g/mol. The zero-order valence-electron chi connectivity index (χ0n) is 22.4. The molecule has 12 nitrogen and oxygen atoms in total. The van der Waals surface area contributed by atoms with Crippen molar-refractivity contribution in [3.8, 4) is 5.75 Å². The van der Waals surface area contributed by atoms with Gasteiger partial charge in [0.15, 0.2) is 18.5 Å². The highest BCUT2D eigenvalue weighted by molar-refractivity contribution is 6.21. The summed E-state index contributed by atoms with van der Waals surface area (Å²) in [5.74, 6) is -2.86. The highest BCUT2D eigenvalue weighted by Crippen LogP contribution is 2.36. The molecule has 2 aliphatic heterocycles. The fourth-order valence-corrected chi connectivity index (χ4v) is 4.67. The second-order valence-electron chi connectivity index (χ2n) is 9.17. The fraction of sp³-hybridized carbons (Fsp3) is 0.393. The lowest BCUT2D eigenvalue weighted by atomic mass is 9.94. The highest BCUT2D eigenvalue weighted by atomic mass is 16.7. The lowest BCUT2D eigenvalue weighted by Gasteiger charge is -2.47. The van der Waals surface area contributed by atoms with Crippen molar-refractivity contribution in [2.45, 2.75) is 58.0 Å². The Morgan fingerprint density at radius 3 is 1.93 bits per heavy atom. The number of amides is 2. The van der Waals surface area contributed by atoms with E-state index in [2.05, 4.69) is 0 Å². The quantitative estimate of drug-likeness (QED) is 0.255. The Morgan fingerprint density at radius 2 is 1.40 bits per heavy atom. The van der Waals surface area contributed by atoms with Crippen LogP contribution in [0.4, 0.5) is 0 Å². The molecule has 5 atom stereocenters. The zero-order chi connectivity index (χ0) is 29.0. The third-order valence-corrected chi connectivity index (χ3v) is 6.37. The number of hydrogen-bond acceptors (Lipinski definition) is 11. The minimum atomic E-state index is -1.42. The number of imide groups is 1. The van der Waals surface area contributed by atoms with Gasteiger partial charge in [-0.2, -0.15) is 0 Å². The van der Waals surface area contributed by atoms with Crippen LogP contribution in [0.2, 0.25) is 0 Å². The topological polar surface area (TPSA) is 144 Å². The molecule has 0 aliphatic carbocycles. The Labute approximate surface area is 230 Å².